The zero-order valence-electron chi connectivity index (χ0n) is 14.1. The van der Waals surface area contributed by atoms with E-state index in [2.05, 4.69) is 29.4 Å². The van der Waals surface area contributed by atoms with Crippen LogP contribution < -0.4 is 5.32 Å². The smallest absolute Gasteiger partial charge is 0.248 e. The highest BCUT2D eigenvalue weighted by Gasteiger charge is 2.06. The lowest BCUT2D eigenvalue weighted by molar-refractivity contribution is -0.111. The molecular weight excluding hydrogens is 296 g/mol. The first-order chi connectivity index (χ1) is 11.5. The van der Waals surface area contributed by atoms with Crippen LogP contribution in [0.1, 0.15) is 22.3 Å². The van der Waals surface area contributed by atoms with Gasteiger partial charge in [-0.05, 0) is 44.0 Å². The molecule has 0 aliphatic carbocycles. The van der Waals surface area contributed by atoms with E-state index in [9.17, 15) is 4.79 Å². The van der Waals surface area contributed by atoms with Gasteiger partial charge in [0.15, 0.2) is 0 Å². The van der Waals surface area contributed by atoms with E-state index >= 15 is 0 Å². The van der Waals surface area contributed by atoms with Crippen molar-refractivity contribution in [1.82, 2.24) is 4.98 Å². The van der Waals surface area contributed by atoms with Gasteiger partial charge >= 0.3 is 0 Å². The summed E-state index contributed by atoms with van der Waals surface area (Å²) < 4.78 is 0. The number of nitrogens with one attached hydrogen (secondary N) is 1. The quantitative estimate of drug-likeness (QED) is 0.704. The first-order valence-corrected chi connectivity index (χ1v) is 7.95. The average Bonchev–Trinajstić information content (AvgIpc) is 2.56. The Morgan fingerprint density at radius 1 is 1.04 bits per heavy atom. The summed E-state index contributed by atoms with van der Waals surface area (Å²) in [7, 11) is 0. The molecule has 0 saturated carbocycles. The van der Waals surface area contributed by atoms with Gasteiger partial charge in [-0.2, -0.15) is 0 Å². The van der Waals surface area contributed by atoms with Crippen LogP contribution in [-0.2, 0) is 4.79 Å². The lowest BCUT2D eigenvalue weighted by Crippen LogP contribution is -2.10. The van der Waals surface area contributed by atoms with Gasteiger partial charge in [0.05, 0.1) is 5.52 Å². The van der Waals surface area contributed by atoms with Gasteiger partial charge in [0.2, 0.25) is 5.91 Å². The van der Waals surface area contributed by atoms with Crippen molar-refractivity contribution in [3.05, 3.63) is 77.0 Å². The van der Waals surface area contributed by atoms with Crippen LogP contribution in [0, 0.1) is 20.8 Å². The number of aryl methyl sites for hydroxylation is 3. The number of para-hydroxylation sites is 1. The fourth-order valence-corrected chi connectivity index (χ4v) is 2.97. The predicted octanol–water partition coefficient (Wildman–Crippen LogP) is 4.81. The monoisotopic (exact) mass is 316 g/mol. The number of hydrogen-bond donors (Lipinski definition) is 1. The Morgan fingerprint density at radius 3 is 2.50 bits per heavy atom. The summed E-state index contributed by atoms with van der Waals surface area (Å²) in [5.74, 6) is -0.141. The number of carbonyl (C=O) groups is 1. The van der Waals surface area contributed by atoms with E-state index in [1.807, 2.05) is 50.3 Å². The fourth-order valence-electron chi connectivity index (χ4n) is 2.97. The van der Waals surface area contributed by atoms with Gasteiger partial charge in [0.1, 0.15) is 0 Å². The first-order valence-electron chi connectivity index (χ1n) is 7.95. The molecule has 0 fully saturated rings. The molecule has 3 nitrogen and oxygen atoms in total. The summed E-state index contributed by atoms with van der Waals surface area (Å²) in [6, 6.07) is 14.0. The fraction of sp³-hybridized carbons (Fsp3) is 0.143. The topological polar surface area (TPSA) is 42.0 Å². The Labute approximate surface area is 142 Å². The SMILES string of the molecule is Cc1cc(C)c(NC(=O)C=Cc2cccc3cccnc23)c(C)c1. The van der Waals surface area contributed by atoms with Crippen LogP contribution in [0.5, 0.6) is 0 Å². The van der Waals surface area contributed by atoms with Crippen LogP contribution in [0.4, 0.5) is 5.69 Å². The molecule has 0 unspecified atom stereocenters. The third kappa shape index (κ3) is 3.35. The van der Waals surface area contributed by atoms with Gasteiger partial charge < -0.3 is 5.32 Å². The lowest BCUT2D eigenvalue weighted by atomic mass is 10.0. The highest BCUT2D eigenvalue weighted by Crippen LogP contribution is 2.22. The molecule has 3 rings (SSSR count). The highest BCUT2D eigenvalue weighted by molar-refractivity contribution is 6.04. The molecule has 3 heteroatoms. The molecule has 24 heavy (non-hydrogen) atoms. The number of anilines is 1. The molecule has 0 aliphatic heterocycles. The zero-order valence-corrected chi connectivity index (χ0v) is 14.1. The summed E-state index contributed by atoms with van der Waals surface area (Å²) in [6.45, 7) is 6.07. The van der Waals surface area contributed by atoms with Crippen LogP contribution in [-0.4, -0.2) is 10.9 Å². The second-order valence-electron chi connectivity index (χ2n) is 6.02. The molecule has 0 atom stereocenters. The molecule has 0 saturated heterocycles. The van der Waals surface area contributed by atoms with Gasteiger partial charge in [0, 0.05) is 28.9 Å². The minimum atomic E-state index is -0.141. The lowest BCUT2D eigenvalue weighted by Gasteiger charge is -2.11. The van der Waals surface area contributed by atoms with E-state index in [0.29, 0.717) is 0 Å². The van der Waals surface area contributed by atoms with Crippen molar-refractivity contribution in [3.8, 4) is 0 Å². The van der Waals surface area contributed by atoms with Gasteiger partial charge in [-0.3, -0.25) is 9.78 Å². The average molecular weight is 316 g/mol. The number of nitrogens with zero attached hydrogens (tertiary/aromatic N) is 1. The molecule has 0 aliphatic rings. The minimum Gasteiger partial charge on any atom is -0.322 e. The van der Waals surface area contributed by atoms with Crippen LogP contribution in [0.25, 0.3) is 17.0 Å². The maximum atomic E-state index is 12.3. The molecule has 0 spiro atoms. The molecule has 0 bridgehead atoms. The van der Waals surface area contributed by atoms with E-state index in [-0.39, 0.29) is 5.91 Å². The van der Waals surface area contributed by atoms with Crippen molar-refractivity contribution in [1.29, 1.82) is 0 Å². The van der Waals surface area contributed by atoms with Gasteiger partial charge in [-0.15, -0.1) is 0 Å². The van der Waals surface area contributed by atoms with Crippen LogP contribution >= 0.6 is 0 Å². The molecule has 1 N–H and O–H groups in total. The number of rotatable bonds is 3. The number of amides is 1. The van der Waals surface area contributed by atoms with Crippen molar-refractivity contribution in [2.45, 2.75) is 20.8 Å². The van der Waals surface area contributed by atoms with Gasteiger partial charge in [0.25, 0.3) is 0 Å². The number of carbonyl (C=O) groups excluding carboxylic acids is 1. The number of aromatic nitrogens is 1. The van der Waals surface area contributed by atoms with Gasteiger partial charge in [-0.1, -0.05) is 42.0 Å². The highest BCUT2D eigenvalue weighted by atomic mass is 16.1. The standard InChI is InChI=1S/C21H20N2O/c1-14-12-15(2)20(16(3)13-14)23-19(24)10-9-18-7-4-6-17-8-5-11-22-21(17)18/h4-13H,1-3H3,(H,23,24). The second kappa shape index (κ2) is 6.67. The summed E-state index contributed by atoms with van der Waals surface area (Å²) in [5, 5.41) is 4.04. The summed E-state index contributed by atoms with van der Waals surface area (Å²) >= 11 is 0. The molecule has 1 aromatic heterocycles. The van der Waals surface area contributed by atoms with Gasteiger partial charge in [-0.25, -0.2) is 0 Å². The molecule has 2 aromatic carbocycles. The van der Waals surface area contributed by atoms with E-state index in [1.54, 1.807) is 12.3 Å². The van der Waals surface area contributed by atoms with Crippen molar-refractivity contribution in [2.24, 2.45) is 0 Å². The number of fused-ring (bicyclic) bond motifs is 1. The number of hydrogen-bond acceptors (Lipinski definition) is 2. The van der Waals surface area contributed by atoms with Crippen LogP contribution in [0.2, 0.25) is 0 Å². The molecule has 120 valence electrons. The van der Waals surface area contributed by atoms with E-state index in [1.165, 1.54) is 5.56 Å². The third-order valence-electron chi connectivity index (χ3n) is 4.00. The normalized spacial score (nSPS) is 11.1. The third-order valence-corrected chi connectivity index (χ3v) is 4.00. The summed E-state index contributed by atoms with van der Waals surface area (Å²) in [6.07, 6.45) is 5.13. The van der Waals surface area contributed by atoms with Crippen molar-refractivity contribution in [2.75, 3.05) is 5.32 Å². The maximum absolute atomic E-state index is 12.3. The Balaban J connectivity index is 1.83. The van der Waals surface area contributed by atoms with Crippen LogP contribution in [0.15, 0.2) is 54.7 Å². The molecular formula is C21H20N2O. The van der Waals surface area contributed by atoms with Crippen molar-refractivity contribution >= 4 is 28.6 Å². The predicted molar refractivity (Wildman–Crippen MR) is 100 cm³/mol. The van der Waals surface area contributed by atoms with E-state index < -0.39 is 0 Å². The Kier molecular flexibility index (Phi) is 4.43. The Morgan fingerprint density at radius 2 is 1.75 bits per heavy atom. The molecule has 1 heterocycles. The Bertz CT molecular complexity index is 913. The van der Waals surface area contributed by atoms with Crippen LogP contribution in [0.3, 0.4) is 0 Å². The first kappa shape index (κ1) is 15.9. The summed E-state index contributed by atoms with van der Waals surface area (Å²) in [5.41, 5.74) is 6.04. The Hall–Kier alpha value is -2.94. The summed E-state index contributed by atoms with van der Waals surface area (Å²) in [4.78, 5) is 16.7. The maximum Gasteiger partial charge on any atom is 0.248 e. The largest absolute Gasteiger partial charge is 0.322 e. The number of pyridine rings is 1. The molecule has 3 aromatic rings. The molecule has 1 amide bonds. The zero-order chi connectivity index (χ0) is 17.1. The van der Waals surface area contributed by atoms with Crippen molar-refractivity contribution in [3.63, 3.8) is 0 Å². The van der Waals surface area contributed by atoms with E-state index in [0.717, 1.165) is 33.3 Å². The molecule has 0 radical (unpaired) electrons. The number of benzene rings is 2. The second-order valence-corrected chi connectivity index (χ2v) is 6.02. The van der Waals surface area contributed by atoms with E-state index in [4.69, 9.17) is 0 Å². The van der Waals surface area contributed by atoms with Crippen molar-refractivity contribution < 1.29 is 4.79 Å². The minimum absolute atomic E-state index is 0.141.